The summed E-state index contributed by atoms with van der Waals surface area (Å²) in [6.45, 7) is 0.401. The number of thioether (sulfide) groups is 1. The van der Waals surface area contributed by atoms with E-state index in [2.05, 4.69) is 4.98 Å². The number of amides is 1. The minimum atomic E-state index is -0.904. The fraction of sp³-hybridized carbons (Fsp3) is 0.250. The molecule has 0 saturated carbocycles. The smallest absolute Gasteiger partial charge is 0.313 e. The summed E-state index contributed by atoms with van der Waals surface area (Å²) in [6, 6.07) is 7.46. The molecule has 1 aromatic heterocycles. The Balaban J connectivity index is 2.33. The molecule has 2 rings (SSSR count). The molecule has 3 N–H and O–H groups in total. The third kappa shape index (κ3) is 3.25. The van der Waals surface area contributed by atoms with E-state index >= 15 is 0 Å². The highest BCUT2D eigenvalue weighted by molar-refractivity contribution is 7.99. The van der Waals surface area contributed by atoms with E-state index in [1.165, 1.54) is 0 Å². The molecule has 0 saturated heterocycles. The minimum absolute atomic E-state index is 0.0696. The second kappa shape index (κ2) is 5.75. The summed E-state index contributed by atoms with van der Waals surface area (Å²) < 4.78 is 1.83. The normalized spacial score (nSPS) is 10.7. The molecular weight excluding hydrogens is 266 g/mol. The molecule has 1 aromatic carbocycles. The molecule has 1 heterocycles. The Hall–Kier alpha value is -2.02. The lowest BCUT2D eigenvalue weighted by Gasteiger charge is -2.06. The average molecular weight is 279 g/mol. The summed E-state index contributed by atoms with van der Waals surface area (Å²) in [5.74, 6) is -1.37. The van der Waals surface area contributed by atoms with Gasteiger partial charge in [-0.1, -0.05) is 23.9 Å². The van der Waals surface area contributed by atoms with Crippen LogP contribution >= 0.6 is 11.8 Å². The third-order valence-corrected chi connectivity index (χ3v) is 3.49. The topological polar surface area (TPSA) is 98.2 Å². The zero-order valence-corrected chi connectivity index (χ0v) is 10.9. The predicted molar refractivity (Wildman–Crippen MR) is 71.9 cm³/mol. The number of carbonyl (C=O) groups is 2. The number of hydrogen-bond donors (Lipinski definition) is 2. The third-order valence-electron chi connectivity index (χ3n) is 2.53. The van der Waals surface area contributed by atoms with E-state index in [1.54, 1.807) is 0 Å². The molecule has 100 valence electrons. The zero-order valence-electron chi connectivity index (χ0n) is 10.1. The maximum atomic E-state index is 10.9. The number of primary amides is 1. The van der Waals surface area contributed by atoms with E-state index in [0.717, 1.165) is 22.8 Å². The molecule has 0 aliphatic carbocycles. The molecule has 7 heteroatoms. The van der Waals surface area contributed by atoms with Crippen molar-refractivity contribution in [1.29, 1.82) is 0 Å². The second-order valence-corrected chi connectivity index (χ2v) is 4.88. The number of rotatable bonds is 6. The summed E-state index contributed by atoms with van der Waals surface area (Å²) in [5.41, 5.74) is 6.80. The van der Waals surface area contributed by atoms with Crippen LogP contribution in [0.4, 0.5) is 0 Å². The van der Waals surface area contributed by atoms with Gasteiger partial charge in [0, 0.05) is 13.0 Å². The summed E-state index contributed by atoms with van der Waals surface area (Å²) in [5, 5.41) is 9.31. The largest absolute Gasteiger partial charge is 0.481 e. The van der Waals surface area contributed by atoms with Gasteiger partial charge in [0.1, 0.15) is 0 Å². The van der Waals surface area contributed by atoms with Crippen molar-refractivity contribution in [2.24, 2.45) is 5.73 Å². The Bertz CT molecular complexity index is 624. The molecule has 0 aliphatic rings. The van der Waals surface area contributed by atoms with Crippen molar-refractivity contribution in [3.8, 4) is 0 Å². The maximum Gasteiger partial charge on any atom is 0.313 e. The SMILES string of the molecule is NC(=O)CCn1c(SCC(=O)O)nc2ccccc21. The molecule has 2 aromatic rings. The van der Waals surface area contributed by atoms with Gasteiger partial charge in [-0.05, 0) is 12.1 Å². The van der Waals surface area contributed by atoms with Gasteiger partial charge in [-0.2, -0.15) is 0 Å². The second-order valence-electron chi connectivity index (χ2n) is 3.93. The van der Waals surface area contributed by atoms with Crippen LogP contribution in [0.2, 0.25) is 0 Å². The lowest BCUT2D eigenvalue weighted by atomic mass is 10.3. The van der Waals surface area contributed by atoms with E-state index in [4.69, 9.17) is 10.8 Å². The number of carboxylic acids is 1. The quantitative estimate of drug-likeness (QED) is 0.771. The Kier molecular flexibility index (Phi) is 4.06. The van der Waals surface area contributed by atoms with Gasteiger partial charge in [-0.3, -0.25) is 9.59 Å². The molecule has 0 bridgehead atoms. The fourth-order valence-corrected chi connectivity index (χ4v) is 2.49. The van der Waals surface area contributed by atoms with Crippen LogP contribution in [0, 0.1) is 0 Å². The summed E-state index contributed by atoms with van der Waals surface area (Å²) >= 11 is 1.13. The molecule has 19 heavy (non-hydrogen) atoms. The van der Waals surface area contributed by atoms with E-state index in [1.807, 2.05) is 28.8 Å². The van der Waals surface area contributed by atoms with Gasteiger partial charge in [0.2, 0.25) is 5.91 Å². The first-order chi connectivity index (χ1) is 9.08. The predicted octanol–water partition coefficient (Wildman–Crippen LogP) is 1.09. The van der Waals surface area contributed by atoms with Crippen molar-refractivity contribution in [2.45, 2.75) is 18.1 Å². The van der Waals surface area contributed by atoms with Gasteiger partial charge in [0.05, 0.1) is 16.8 Å². The fourth-order valence-electron chi connectivity index (χ4n) is 1.73. The number of nitrogens with two attached hydrogens (primary N) is 1. The number of aryl methyl sites for hydroxylation is 1. The van der Waals surface area contributed by atoms with E-state index < -0.39 is 11.9 Å². The van der Waals surface area contributed by atoms with Gasteiger partial charge in [0.25, 0.3) is 0 Å². The molecule has 0 aliphatic heterocycles. The first-order valence-electron chi connectivity index (χ1n) is 5.66. The molecule has 0 radical (unpaired) electrons. The molecule has 0 atom stereocenters. The Morgan fingerprint density at radius 1 is 1.37 bits per heavy atom. The van der Waals surface area contributed by atoms with Crippen LogP contribution in [0.3, 0.4) is 0 Å². The monoisotopic (exact) mass is 279 g/mol. The number of imidazole rings is 1. The molecule has 0 unspecified atom stereocenters. The van der Waals surface area contributed by atoms with Crippen LogP contribution in [-0.2, 0) is 16.1 Å². The number of aliphatic carboxylic acids is 1. The molecule has 1 amide bonds. The van der Waals surface area contributed by atoms with E-state index in [0.29, 0.717) is 11.7 Å². The average Bonchev–Trinajstić information content (AvgIpc) is 2.71. The number of benzene rings is 1. The van der Waals surface area contributed by atoms with Gasteiger partial charge in [-0.15, -0.1) is 0 Å². The standard InChI is InChI=1S/C12H13N3O3S/c13-10(16)5-6-15-9-4-2-1-3-8(9)14-12(15)19-7-11(17)18/h1-4H,5-7H2,(H2,13,16)(H,17,18). The lowest BCUT2D eigenvalue weighted by Crippen LogP contribution is -2.14. The van der Waals surface area contributed by atoms with Crippen molar-refractivity contribution in [2.75, 3.05) is 5.75 Å². The molecule has 0 fully saturated rings. The van der Waals surface area contributed by atoms with Gasteiger partial charge in [-0.25, -0.2) is 4.98 Å². The van der Waals surface area contributed by atoms with Crippen LogP contribution in [0.25, 0.3) is 11.0 Å². The van der Waals surface area contributed by atoms with Crippen LogP contribution in [0.5, 0.6) is 0 Å². The summed E-state index contributed by atoms with van der Waals surface area (Å²) in [4.78, 5) is 25.9. The number of para-hydroxylation sites is 2. The lowest BCUT2D eigenvalue weighted by molar-refractivity contribution is -0.134. The van der Waals surface area contributed by atoms with E-state index in [9.17, 15) is 9.59 Å². The highest BCUT2D eigenvalue weighted by Gasteiger charge is 2.12. The van der Waals surface area contributed by atoms with Crippen LogP contribution in [0.15, 0.2) is 29.4 Å². The highest BCUT2D eigenvalue weighted by Crippen LogP contribution is 2.24. The van der Waals surface area contributed by atoms with Crippen molar-refractivity contribution in [3.63, 3.8) is 0 Å². The van der Waals surface area contributed by atoms with Crippen molar-refractivity contribution in [3.05, 3.63) is 24.3 Å². The summed E-state index contributed by atoms with van der Waals surface area (Å²) in [6.07, 6.45) is 0.195. The Labute approximate surface area is 113 Å². The van der Waals surface area contributed by atoms with Crippen molar-refractivity contribution in [1.82, 2.24) is 9.55 Å². The number of fused-ring (bicyclic) bond motifs is 1. The number of carbonyl (C=O) groups excluding carboxylic acids is 1. The number of carboxylic acid groups (broad SMARTS) is 1. The molecule has 6 nitrogen and oxygen atoms in total. The van der Waals surface area contributed by atoms with Gasteiger partial charge >= 0.3 is 5.97 Å². The molecular formula is C12H13N3O3S. The van der Waals surface area contributed by atoms with Crippen molar-refractivity contribution < 1.29 is 14.7 Å². The summed E-state index contributed by atoms with van der Waals surface area (Å²) in [7, 11) is 0. The van der Waals surface area contributed by atoms with Crippen molar-refractivity contribution >= 4 is 34.7 Å². The Morgan fingerprint density at radius 3 is 2.79 bits per heavy atom. The van der Waals surface area contributed by atoms with Crippen LogP contribution < -0.4 is 5.73 Å². The number of hydrogen-bond acceptors (Lipinski definition) is 4. The van der Waals surface area contributed by atoms with Crippen LogP contribution in [-0.4, -0.2) is 32.3 Å². The Morgan fingerprint density at radius 2 is 2.11 bits per heavy atom. The minimum Gasteiger partial charge on any atom is -0.481 e. The maximum absolute atomic E-state index is 10.9. The van der Waals surface area contributed by atoms with Gasteiger partial charge < -0.3 is 15.4 Å². The zero-order chi connectivity index (χ0) is 13.8. The van der Waals surface area contributed by atoms with E-state index in [-0.39, 0.29) is 12.2 Å². The number of aromatic nitrogens is 2. The first-order valence-corrected chi connectivity index (χ1v) is 6.64. The number of nitrogens with zero attached hydrogens (tertiary/aromatic N) is 2. The highest BCUT2D eigenvalue weighted by atomic mass is 32.2. The van der Waals surface area contributed by atoms with Crippen LogP contribution in [0.1, 0.15) is 6.42 Å². The van der Waals surface area contributed by atoms with Gasteiger partial charge in [0.15, 0.2) is 5.16 Å². The first kappa shape index (κ1) is 13.4. The molecule has 0 spiro atoms.